The van der Waals surface area contributed by atoms with Crippen LogP contribution in [-0.4, -0.2) is 16.9 Å². The second kappa shape index (κ2) is 5.47. The van der Waals surface area contributed by atoms with Crippen molar-refractivity contribution in [2.75, 3.05) is 0 Å². The van der Waals surface area contributed by atoms with Gasteiger partial charge < -0.3 is 5.32 Å². The van der Waals surface area contributed by atoms with E-state index in [4.69, 9.17) is 5.26 Å². The average molecular weight is 223 g/mol. The Kier molecular flexibility index (Phi) is 4.25. The number of hydrogen-bond donors (Lipinski definition) is 1. The van der Waals surface area contributed by atoms with Gasteiger partial charge in [-0.25, -0.2) is 4.98 Å². The third-order valence-electron chi connectivity index (χ3n) is 1.99. The van der Waals surface area contributed by atoms with E-state index in [1.54, 1.807) is 12.4 Å². The van der Waals surface area contributed by atoms with E-state index in [1.165, 1.54) is 11.3 Å². The molecule has 0 bridgehead atoms. The van der Waals surface area contributed by atoms with Gasteiger partial charge in [0.05, 0.1) is 17.3 Å². The number of carbonyl (C=O) groups is 1. The summed E-state index contributed by atoms with van der Waals surface area (Å²) in [6.07, 6.45) is 1.56. The van der Waals surface area contributed by atoms with Crippen LogP contribution in [0.4, 0.5) is 0 Å². The maximum atomic E-state index is 11.7. The zero-order valence-electron chi connectivity index (χ0n) is 8.78. The second-order valence-corrected chi connectivity index (χ2v) is 4.07. The van der Waals surface area contributed by atoms with Gasteiger partial charge in [-0.15, -0.1) is 11.3 Å². The first-order chi connectivity index (χ1) is 7.19. The Morgan fingerprint density at radius 3 is 3.00 bits per heavy atom. The summed E-state index contributed by atoms with van der Waals surface area (Å²) in [5, 5.41) is 11.5. The normalized spacial score (nSPS) is 11.8. The topological polar surface area (TPSA) is 65.8 Å². The number of nitrogens with one attached hydrogen (secondary N) is 1. The maximum absolute atomic E-state index is 11.7. The van der Waals surface area contributed by atoms with Gasteiger partial charge in [0.1, 0.15) is 10.9 Å². The van der Waals surface area contributed by atoms with Crippen LogP contribution in [0.25, 0.3) is 0 Å². The molecule has 1 aromatic rings. The van der Waals surface area contributed by atoms with E-state index in [0.29, 0.717) is 17.0 Å². The average Bonchev–Trinajstić information content (AvgIpc) is 2.63. The third kappa shape index (κ3) is 3.03. The summed E-state index contributed by atoms with van der Waals surface area (Å²) in [5.74, 6) is -0.199. The highest BCUT2D eigenvalue weighted by Crippen LogP contribution is 2.12. The molecule has 1 unspecified atom stereocenters. The van der Waals surface area contributed by atoms with Gasteiger partial charge in [0.25, 0.3) is 5.91 Å². The molecule has 0 spiro atoms. The van der Waals surface area contributed by atoms with Gasteiger partial charge in [-0.05, 0) is 13.3 Å². The highest BCUT2D eigenvalue weighted by molar-refractivity contribution is 7.11. The van der Waals surface area contributed by atoms with Gasteiger partial charge in [-0.3, -0.25) is 4.79 Å². The molecule has 1 N–H and O–H groups in total. The number of amides is 1. The Morgan fingerprint density at radius 2 is 2.53 bits per heavy atom. The number of nitriles is 1. The Hall–Kier alpha value is -1.41. The molecule has 0 aliphatic heterocycles. The third-order valence-corrected chi connectivity index (χ3v) is 2.92. The molecule has 0 radical (unpaired) electrons. The first-order valence-corrected chi connectivity index (χ1v) is 5.67. The Labute approximate surface area is 92.9 Å². The molecule has 1 aromatic heterocycles. The minimum absolute atomic E-state index is 0.199. The molecular weight excluding hydrogens is 210 g/mol. The summed E-state index contributed by atoms with van der Waals surface area (Å²) in [6.45, 7) is 3.76. The predicted molar refractivity (Wildman–Crippen MR) is 58.6 cm³/mol. The van der Waals surface area contributed by atoms with Gasteiger partial charge in [0, 0.05) is 0 Å². The van der Waals surface area contributed by atoms with Crippen LogP contribution >= 0.6 is 11.3 Å². The van der Waals surface area contributed by atoms with Crippen molar-refractivity contribution in [3.63, 3.8) is 0 Å². The van der Waals surface area contributed by atoms with Gasteiger partial charge in [-0.2, -0.15) is 5.26 Å². The molecule has 0 aliphatic carbocycles. The summed E-state index contributed by atoms with van der Waals surface area (Å²) in [5.41, 5.74) is 2.34. The first-order valence-electron chi connectivity index (χ1n) is 4.79. The molecule has 1 rings (SSSR count). The highest BCUT2D eigenvalue weighted by atomic mass is 32.1. The lowest BCUT2D eigenvalue weighted by Gasteiger charge is -2.09. The van der Waals surface area contributed by atoms with Gasteiger partial charge in [-0.1, -0.05) is 13.3 Å². The molecule has 1 heterocycles. The highest BCUT2D eigenvalue weighted by Gasteiger charge is 2.15. The van der Waals surface area contributed by atoms with Crippen molar-refractivity contribution in [1.29, 1.82) is 5.26 Å². The smallest absolute Gasteiger partial charge is 0.264 e. The Morgan fingerprint density at radius 1 is 1.80 bits per heavy atom. The van der Waals surface area contributed by atoms with Crippen LogP contribution in [0, 0.1) is 18.3 Å². The van der Waals surface area contributed by atoms with Crippen molar-refractivity contribution in [3.8, 4) is 6.07 Å². The molecule has 0 aliphatic rings. The van der Waals surface area contributed by atoms with Crippen LogP contribution in [-0.2, 0) is 0 Å². The summed E-state index contributed by atoms with van der Waals surface area (Å²) in [6, 6.07) is 1.67. The monoisotopic (exact) mass is 223 g/mol. The minimum atomic E-state index is -0.399. The lowest BCUT2D eigenvalue weighted by Crippen LogP contribution is -2.33. The van der Waals surface area contributed by atoms with Crippen LogP contribution in [0.15, 0.2) is 5.51 Å². The number of nitrogens with zero attached hydrogens (tertiary/aromatic N) is 2. The molecule has 1 atom stereocenters. The molecule has 0 saturated carbocycles. The van der Waals surface area contributed by atoms with Crippen LogP contribution in [0.2, 0.25) is 0 Å². The van der Waals surface area contributed by atoms with Crippen LogP contribution < -0.4 is 5.32 Å². The number of thiazole rings is 1. The number of aromatic nitrogens is 1. The van der Waals surface area contributed by atoms with E-state index in [1.807, 2.05) is 6.92 Å². The summed E-state index contributed by atoms with van der Waals surface area (Å²) < 4.78 is 0. The number of carbonyl (C=O) groups excluding carboxylic acids is 1. The van der Waals surface area contributed by atoms with Gasteiger partial charge in [0.15, 0.2) is 0 Å². The number of aryl methyl sites for hydroxylation is 1. The molecule has 4 nitrogen and oxygen atoms in total. The summed E-state index contributed by atoms with van der Waals surface area (Å²) >= 11 is 1.30. The summed E-state index contributed by atoms with van der Waals surface area (Å²) in [7, 11) is 0. The lowest BCUT2D eigenvalue weighted by molar-refractivity contribution is 0.0947. The van der Waals surface area contributed by atoms with Crippen molar-refractivity contribution in [1.82, 2.24) is 10.3 Å². The van der Waals surface area contributed by atoms with E-state index in [9.17, 15) is 4.79 Å². The predicted octanol–water partition coefficient (Wildman–Crippen LogP) is 1.87. The molecule has 1 amide bonds. The van der Waals surface area contributed by atoms with Crippen molar-refractivity contribution in [2.45, 2.75) is 32.7 Å². The van der Waals surface area contributed by atoms with Crippen LogP contribution in [0.5, 0.6) is 0 Å². The van der Waals surface area contributed by atoms with Crippen molar-refractivity contribution in [3.05, 3.63) is 16.1 Å². The molecule has 80 valence electrons. The fourth-order valence-electron chi connectivity index (χ4n) is 1.20. The molecule has 5 heteroatoms. The molecule has 15 heavy (non-hydrogen) atoms. The van der Waals surface area contributed by atoms with E-state index in [0.717, 1.165) is 6.42 Å². The maximum Gasteiger partial charge on any atom is 0.264 e. The first kappa shape index (κ1) is 11.7. The van der Waals surface area contributed by atoms with Crippen molar-refractivity contribution >= 4 is 17.2 Å². The van der Waals surface area contributed by atoms with E-state index in [-0.39, 0.29) is 5.91 Å². The quantitative estimate of drug-likeness (QED) is 0.847. The Balaban J connectivity index is 2.64. The van der Waals surface area contributed by atoms with E-state index >= 15 is 0 Å². The minimum Gasteiger partial charge on any atom is -0.336 e. The SMILES string of the molecule is CCCC(C#N)NC(=O)c1scnc1C. The largest absolute Gasteiger partial charge is 0.336 e. The second-order valence-electron chi connectivity index (χ2n) is 3.21. The summed E-state index contributed by atoms with van der Waals surface area (Å²) in [4.78, 5) is 16.3. The fourth-order valence-corrected chi connectivity index (χ4v) is 1.91. The molecule has 0 fully saturated rings. The van der Waals surface area contributed by atoms with Crippen LogP contribution in [0.1, 0.15) is 35.1 Å². The number of rotatable bonds is 4. The van der Waals surface area contributed by atoms with Crippen molar-refractivity contribution < 1.29 is 4.79 Å². The molecule has 0 saturated heterocycles. The zero-order chi connectivity index (χ0) is 11.3. The molecule has 0 aromatic carbocycles. The molecular formula is C10H13N3OS. The Bertz CT molecular complexity index is 380. The van der Waals surface area contributed by atoms with Crippen LogP contribution in [0.3, 0.4) is 0 Å². The lowest BCUT2D eigenvalue weighted by atomic mass is 10.2. The van der Waals surface area contributed by atoms with E-state index < -0.39 is 6.04 Å². The standard InChI is InChI=1S/C10H13N3OS/c1-3-4-8(5-11)13-10(14)9-7(2)12-6-15-9/h6,8H,3-4H2,1-2H3,(H,13,14). The van der Waals surface area contributed by atoms with Crippen molar-refractivity contribution in [2.24, 2.45) is 0 Å². The van der Waals surface area contributed by atoms with Gasteiger partial charge in [0.2, 0.25) is 0 Å². The number of hydrogen-bond acceptors (Lipinski definition) is 4. The van der Waals surface area contributed by atoms with Gasteiger partial charge >= 0.3 is 0 Å². The fraction of sp³-hybridized carbons (Fsp3) is 0.500. The zero-order valence-corrected chi connectivity index (χ0v) is 9.60. The van der Waals surface area contributed by atoms with E-state index in [2.05, 4.69) is 16.4 Å².